The maximum atomic E-state index is 14.5. The zero-order valence-electron chi connectivity index (χ0n) is 14.2. The number of benzene rings is 2. The predicted molar refractivity (Wildman–Crippen MR) is 106 cm³/mol. The molecule has 3 rings (SSSR count). The van der Waals surface area contributed by atoms with E-state index in [1.54, 1.807) is 6.07 Å². The molecule has 150 valence electrons. The second-order valence-corrected chi connectivity index (χ2v) is 7.94. The molecule has 1 amide bonds. The van der Waals surface area contributed by atoms with E-state index in [9.17, 15) is 23.1 Å². The molecule has 1 aliphatic carbocycles. The van der Waals surface area contributed by atoms with E-state index in [0.717, 1.165) is 25.3 Å². The molecule has 0 aromatic heterocycles. The Morgan fingerprint density at radius 1 is 1.25 bits per heavy atom. The van der Waals surface area contributed by atoms with Crippen molar-refractivity contribution in [1.82, 2.24) is 5.48 Å². The lowest BCUT2D eigenvalue weighted by atomic mass is 9.85. The first-order valence-electron chi connectivity index (χ1n) is 8.31. The second kappa shape index (κ2) is 8.85. The van der Waals surface area contributed by atoms with E-state index >= 15 is 0 Å². The minimum Gasteiger partial charge on any atom is -0.366 e. The maximum absolute atomic E-state index is 14.5. The number of hydrogen-bond donors (Lipinski definition) is 3. The van der Waals surface area contributed by atoms with Crippen molar-refractivity contribution in [1.29, 1.82) is 0 Å². The van der Waals surface area contributed by atoms with E-state index < -0.39 is 45.9 Å². The molecule has 0 spiro atoms. The van der Waals surface area contributed by atoms with Crippen LogP contribution in [-0.4, -0.2) is 17.3 Å². The van der Waals surface area contributed by atoms with E-state index in [2.05, 4.69) is 5.32 Å². The van der Waals surface area contributed by atoms with Crippen molar-refractivity contribution in [2.24, 2.45) is 5.92 Å². The van der Waals surface area contributed by atoms with Crippen molar-refractivity contribution in [3.05, 3.63) is 55.9 Å². The summed E-state index contributed by atoms with van der Waals surface area (Å²) in [6.45, 7) is 0. The first kappa shape index (κ1) is 21.2. The van der Waals surface area contributed by atoms with Crippen LogP contribution >= 0.6 is 34.2 Å². The van der Waals surface area contributed by atoms with Crippen LogP contribution in [0.4, 0.5) is 24.5 Å². The first-order chi connectivity index (χ1) is 13.3. The van der Waals surface area contributed by atoms with Crippen LogP contribution in [0.3, 0.4) is 0 Å². The lowest BCUT2D eigenvalue weighted by Gasteiger charge is -2.29. The van der Waals surface area contributed by atoms with Gasteiger partial charge in [0.15, 0.2) is 17.9 Å². The Labute approximate surface area is 177 Å². The van der Waals surface area contributed by atoms with E-state index in [0.29, 0.717) is 3.57 Å². The van der Waals surface area contributed by atoms with Crippen LogP contribution in [-0.2, 0) is 4.84 Å². The topological polar surface area (TPSA) is 70.6 Å². The minimum absolute atomic E-state index is 0.104. The normalized spacial score (nSPS) is 15.1. The Kier molecular flexibility index (Phi) is 6.69. The number of rotatable bonds is 6. The van der Waals surface area contributed by atoms with Gasteiger partial charge in [-0.05, 0) is 59.7 Å². The van der Waals surface area contributed by atoms with Crippen molar-refractivity contribution >= 4 is 51.5 Å². The number of hydrogen-bond acceptors (Lipinski definition) is 4. The summed E-state index contributed by atoms with van der Waals surface area (Å²) in [5, 5.41) is 11.6. The second-order valence-electron chi connectivity index (χ2n) is 6.29. The Morgan fingerprint density at radius 2 is 1.96 bits per heavy atom. The zero-order chi connectivity index (χ0) is 20.4. The van der Waals surface area contributed by atoms with Crippen molar-refractivity contribution in [3.63, 3.8) is 0 Å². The van der Waals surface area contributed by atoms with Gasteiger partial charge in [0.05, 0.1) is 22.0 Å². The average molecular weight is 527 g/mol. The molecule has 0 saturated heterocycles. The average Bonchev–Trinajstić information content (AvgIpc) is 2.60. The van der Waals surface area contributed by atoms with Gasteiger partial charge in [0.25, 0.3) is 5.91 Å². The SMILES string of the molecule is O=C(NOC(O)C1CCC1)c1cc(Cl)c(F)c(F)c1Nc1ccc(I)cc1F. The predicted octanol–water partition coefficient (Wildman–Crippen LogP) is 4.89. The number of amides is 1. The molecule has 0 bridgehead atoms. The summed E-state index contributed by atoms with van der Waals surface area (Å²) in [6.07, 6.45) is 1.25. The smallest absolute Gasteiger partial charge is 0.277 e. The van der Waals surface area contributed by atoms with Gasteiger partial charge in [-0.1, -0.05) is 18.0 Å². The van der Waals surface area contributed by atoms with Gasteiger partial charge in [0, 0.05) is 9.49 Å². The molecule has 28 heavy (non-hydrogen) atoms. The molecule has 2 aromatic carbocycles. The van der Waals surface area contributed by atoms with E-state index in [1.165, 1.54) is 12.1 Å². The molecular formula is C18H15ClF3IN2O3. The monoisotopic (exact) mass is 526 g/mol. The van der Waals surface area contributed by atoms with Crippen LogP contribution in [0.2, 0.25) is 5.02 Å². The van der Waals surface area contributed by atoms with Gasteiger partial charge in [-0.2, -0.15) is 0 Å². The Morgan fingerprint density at radius 3 is 2.57 bits per heavy atom. The summed E-state index contributed by atoms with van der Waals surface area (Å²) >= 11 is 7.54. The number of carbonyl (C=O) groups is 1. The summed E-state index contributed by atoms with van der Waals surface area (Å²) in [5.74, 6) is -4.64. The van der Waals surface area contributed by atoms with Crippen LogP contribution < -0.4 is 10.8 Å². The fourth-order valence-corrected chi connectivity index (χ4v) is 3.26. The van der Waals surface area contributed by atoms with Gasteiger partial charge in [-0.3, -0.25) is 4.79 Å². The van der Waals surface area contributed by atoms with Crippen LogP contribution in [0.1, 0.15) is 29.6 Å². The molecule has 2 aromatic rings. The summed E-state index contributed by atoms with van der Waals surface area (Å²) in [6, 6.07) is 4.95. The molecule has 0 aliphatic heterocycles. The quantitative estimate of drug-likeness (QED) is 0.217. The molecule has 1 unspecified atom stereocenters. The number of aliphatic hydroxyl groups excluding tert-OH is 1. The molecule has 5 nitrogen and oxygen atoms in total. The van der Waals surface area contributed by atoms with Crippen molar-refractivity contribution in [2.75, 3.05) is 5.32 Å². The van der Waals surface area contributed by atoms with Crippen molar-refractivity contribution in [3.8, 4) is 0 Å². The highest BCUT2D eigenvalue weighted by Gasteiger charge is 2.28. The number of aliphatic hydroxyl groups is 1. The van der Waals surface area contributed by atoms with Crippen LogP contribution in [0.25, 0.3) is 0 Å². The number of hydroxylamine groups is 1. The number of nitrogens with one attached hydrogen (secondary N) is 2. The molecule has 1 aliphatic rings. The third-order valence-electron chi connectivity index (χ3n) is 4.42. The molecule has 1 atom stereocenters. The third-order valence-corrected chi connectivity index (χ3v) is 5.37. The van der Waals surface area contributed by atoms with E-state index in [-0.39, 0.29) is 11.6 Å². The van der Waals surface area contributed by atoms with E-state index in [1.807, 2.05) is 28.1 Å². The highest BCUT2D eigenvalue weighted by molar-refractivity contribution is 14.1. The lowest BCUT2D eigenvalue weighted by Crippen LogP contribution is -2.36. The lowest BCUT2D eigenvalue weighted by molar-refractivity contribution is -0.178. The fraction of sp³-hybridized carbons (Fsp3) is 0.278. The van der Waals surface area contributed by atoms with Crippen LogP contribution in [0.15, 0.2) is 24.3 Å². The molecule has 1 saturated carbocycles. The summed E-state index contributed by atoms with van der Waals surface area (Å²) in [7, 11) is 0. The Bertz CT molecular complexity index is 912. The molecular weight excluding hydrogens is 512 g/mol. The van der Waals surface area contributed by atoms with Crippen LogP contribution in [0.5, 0.6) is 0 Å². The van der Waals surface area contributed by atoms with Crippen molar-refractivity contribution < 1.29 is 27.9 Å². The summed E-state index contributed by atoms with van der Waals surface area (Å²) in [4.78, 5) is 17.3. The minimum atomic E-state index is -1.45. The Balaban J connectivity index is 1.87. The summed E-state index contributed by atoms with van der Waals surface area (Å²) in [5.41, 5.74) is 0.814. The molecule has 0 radical (unpaired) electrons. The number of anilines is 2. The van der Waals surface area contributed by atoms with Gasteiger partial charge in [0.2, 0.25) is 0 Å². The molecule has 1 fully saturated rings. The fourth-order valence-electron chi connectivity index (χ4n) is 2.61. The van der Waals surface area contributed by atoms with Gasteiger partial charge in [-0.25, -0.2) is 23.5 Å². The highest BCUT2D eigenvalue weighted by Crippen LogP contribution is 2.33. The van der Waals surface area contributed by atoms with E-state index in [4.69, 9.17) is 16.4 Å². The van der Waals surface area contributed by atoms with Gasteiger partial charge in [-0.15, -0.1) is 0 Å². The van der Waals surface area contributed by atoms with Crippen LogP contribution in [0, 0.1) is 26.9 Å². The Hall–Kier alpha value is -1.56. The molecule has 3 N–H and O–H groups in total. The summed E-state index contributed by atoms with van der Waals surface area (Å²) < 4.78 is 43.1. The van der Waals surface area contributed by atoms with Crippen molar-refractivity contribution in [2.45, 2.75) is 25.6 Å². The third kappa shape index (κ3) is 4.53. The zero-order valence-corrected chi connectivity index (χ0v) is 17.2. The highest BCUT2D eigenvalue weighted by atomic mass is 127. The number of carbonyl (C=O) groups excluding carboxylic acids is 1. The van der Waals surface area contributed by atoms with Gasteiger partial charge in [0.1, 0.15) is 5.82 Å². The first-order valence-corrected chi connectivity index (χ1v) is 9.77. The van der Waals surface area contributed by atoms with Gasteiger partial charge >= 0.3 is 0 Å². The van der Waals surface area contributed by atoms with Gasteiger partial charge < -0.3 is 10.4 Å². The largest absolute Gasteiger partial charge is 0.366 e. The molecule has 0 heterocycles. The maximum Gasteiger partial charge on any atom is 0.277 e. The number of halogens is 5. The molecule has 10 heteroatoms. The standard InChI is InChI=1S/C18H15ClF3IN2O3/c19-11-7-10(17(26)25-28-18(27)8-2-1-3-8)16(15(22)14(11)21)24-13-5-4-9(23)6-12(13)20/h4-8,18,24,27H,1-3H2,(H,25,26).